The third-order valence-electron chi connectivity index (χ3n) is 3.56. The number of thiophene rings is 1. The summed E-state index contributed by atoms with van der Waals surface area (Å²) in [5, 5.41) is 7.20. The summed E-state index contributed by atoms with van der Waals surface area (Å²) in [6, 6.07) is 12.1. The Morgan fingerprint density at radius 3 is 2.42 bits per heavy atom. The van der Waals surface area contributed by atoms with E-state index in [1.807, 2.05) is 47.8 Å². The van der Waals surface area contributed by atoms with Crippen molar-refractivity contribution in [1.29, 1.82) is 0 Å². The maximum Gasteiger partial charge on any atom is 0.312 e. The van der Waals surface area contributed by atoms with E-state index in [4.69, 9.17) is 5.73 Å². The van der Waals surface area contributed by atoms with Gasteiger partial charge in [-0.15, -0.1) is 11.3 Å². The molecule has 1 unspecified atom stereocenters. The smallest absolute Gasteiger partial charge is 0.312 e. The van der Waals surface area contributed by atoms with E-state index in [1.54, 1.807) is 12.4 Å². The molecular weight excluding hydrogens is 350 g/mol. The first-order valence-electron chi connectivity index (χ1n) is 7.88. The molecule has 3 aromatic rings. The second-order valence-electron chi connectivity index (χ2n) is 5.49. The minimum Gasteiger partial charge on any atom is -0.352 e. The van der Waals surface area contributed by atoms with Crippen molar-refractivity contribution in [1.82, 2.24) is 15.3 Å². The van der Waals surface area contributed by atoms with Gasteiger partial charge in [0.1, 0.15) is 0 Å². The van der Waals surface area contributed by atoms with Gasteiger partial charge in [-0.05, 0) is 11.4 Å². The maximum absolute atomic E-state index is 12.3. The lowest BCUT2D eigenvalue weighted by molar-refractivity contribution is -0.116. The number of aromatic nitrogens is 2. The molecule has 4 N–H and O–H groups in total. The summed E-state index contributed by atoms with van der Waals surface area (Å²) in [5.41, 5.74) is 6.58. The lowest BCUT2D eigenvalue weighted by Gasteiger charge is -2.15. The SMILES string of the molecule is NC(=O)NC(CC(=O)Nc1cnc(-c2ccccc2)nc1)c1cccs1. The Labute approximate surface area is 154 Å². The maximum atomic E-state index is 12.3. The van der Waals surface area contributed by atoms with E-state index in [9.17, 15) is 9.59 Å². The minimum absolute atomic E-state index is 0.0594. The van der Waals surface area contributed by atoms with Gasteiger partial charge in [0.15, 0.2) is 5.82 Å². The summed E-state index contributed by atoms with van der Waals surface area (Å²) in [4.78, 5) is 32.9. The first-order valence-corrected chi connectivity index (χ1v) is 8.76. The van der Waals surface area contributed by atoms with Crippen molar-refractivity contribution in [3.05, 3.63) is 65.1 Å². The van der Waals surface area contributed by atoms with Crippen LogP contribution in [0.2, 0.25) is 0 Å². The van der Waals surface area contributed by atoms with Crippen LogP contribution in [-0.2, 0) is 4.79 Å². The topological polar surface area (TPSA) is 110 Å². The van der Waals surface area contributed by atoms with Crippen molar-refractivity contribution >= 4 is 29.0 Å². The highest BCUT2D eigenvalue weighted by Gasteiger charge is 2.18. The third kappa shape index (κ3) is 4.64. The third-order valence-corrected chi connectivity index (χ3v) is 4.55. The Morgan fingerprint density at radius 1 is 1.08 bits per heavy atom. The Balaban J connectivity index is 1.64. The fraction of sp³-hybridized carbons (Fsp3) is 0.111. The number of nitrogens with two attached hydrogens (primary N) is 1. The van der Waals surface area contributed by atoms with Crippen molar-refractivity contribution in [3.63, 3.8) is 0 Å². The Bertz CT molecular complexity index is 866. The van der Waals surface area contributed by atoms with Crippen LogP contribution < -0.4 is 16.4 Å². The fourth-order valence-corrected chi connectivity index (χ4v) is 3.19. The molecule has 0 saturated heterocycles. The Morgan fingerprint density at radius 2 is 1.81 bits per heavy atom. The second-order valence-corrected chi connectivity index (χ2v) is 6.47. The van der Waals surface area contributed by atoms with E-state index in [1.165, 1.54) is 11.3 Å². The summed E-state index contributed by atoms with van der Waals surface area (Å²) in [7, 11) is 0. The molecule has 8 heteroatoms. The molecule has 0 radical (unpaired) electrons. The summed E-state index contributed by atoms with van der Waals surface area (Å²) in [6.07, 6.45) is 3.16. The van der Waals surface area contributed by atoms with Gasteiger partial charge in [-0.1, -0.05) is 36.4 Å². The number of nitrogens with zero attached hydrogens (tertiary/aromatic N) is 2. The highest BCUT2D eigenvalue weighted by atomic mass is 32.1. The van der Waals surface area contributed by atoms with Gasteiger partial charge in [-0.2, -0.15) is 0 Å². The van der Waals surface area contributed by atoms with E-state index in [-0.39, 0.29) is 12.3 Å². The van der Waals surface area contributed by atoms with Crippen LogP contribution in [-0.4, -0.2) is 21.9 Å². The zero-order chi connectivity index (χ0) is 18.4. The van der Waals surface area contributed by atoms with Crippen LogP contribution in [0.5, 0.6) is 0 Å². The lowest BCUT2D eigenvalue weighted by atomic mass is 10.1. The van der Waals surface area contributed by atoms with Gasteiger partial charge in [-0.25, -0.2) is 14.8 Å². The number of hydrogen-bond acceptors (Lipinski definition) is 5. The molecule has 0 spiro atoms. The number of hydrogen-bond donors (Lipinski definition) is 3. The van der Waals surface area contributed by atoms with Crippen molar-refractivity contribution in [2.24, 2.45) is 5.73 Å². The fourth-order valence-electron chi connectivity index (χ4n) is 2.41. The van der Waals surface area contributed by atoms with Crippen LogP contribution in [0.1, 0.15) is 17.3 Å². The van der Waals surface area contributed by atoms with Gasteiger partial charge in [0.2, 0.25) is 5.91 Å². The molecule has 1 aromatic carbocycles. The number of benzene rings is 1. The molecule has 0 saturated carbocycles. The molecule has 0 aliphatic carbocycles. The number of nitrogens with one attached hydrogen (secondary N) is 2. The zero-order valence-corrected chi connectivity index (χ0v) is 14.6. The second kappa shape index (κ2) is 8.21. The van der Waals surface area contributed by atoms with E-state index in [2.05, 4.69) is 20.6 Å². The molecule has 3 amide bonds. The summed E-state index contributed by atoms with van der Waals surface area (Å²) < 4.78 is 0. The number of carbonyl (C=O) groups excluding carboxylic acids is 2. The largest absolute Gasteiger partial charge is 0.352 e. The van der Waals surface area contributed by atoms with Crippen LogP contribution in [0, 0.1) is 0 Å². The van der Waals surface area contributed by atoms with Gasteiger partial charge >= 0.3 is 6.03 Å². The van der Waals surface area contributed by atoms with Crippen LogP contribution in [0.4, 0.5) is 10.5 Å². The molecule has 2 aromatic heterocycles. The molecule has 26 heavy (non-hydrogen) atoms. The van der Waals surface area contributed by atoms with Gasteiger partial charge in [-0.3, -0.25) is 4.79 Å². The van der Waals surface area contributed by atoms with Gasteiger partial charge in [0.25, 0.3) is 0 Å². The molecule has 0 aliphatic heterocycles. The lowest BCUT2D eigenvalue weighted by Crippen LogP contribution is -2.34. The van der Waals surface area contributed by atoms with Crippen LogP contribution in [0.25, 0.3) is 11.4 Å². The highest BCUT2D eigenvalue weighted by molar-refractivity contribution is 7.10. The van der Waals surface area contributed by atoms with E-state index in [0.717, 1.165) is 10.4 Å². The van der Waals surface area contributed by atoms with Gasteiger partial charge in [0, 0.05) is 10.4 Å². The van der Waals surface area contributed by atoms with Crippen molar-refractivity contribution < 1.29 is 9.59 Å². The van der Waals surface area contributed by atoms with Crippen LogP contribution in [0.3, 0.4) is 0 Å². The highest BCUT2D eigenvalue weighted by Crippen LogP contribution is 2.22. The molecular formula is C18H17N5O2S. The number of carbonyl (C=O) groups is 2. The molecule has 2 heterocycles. The zero-order valence-electron chi connectivity index (χ0n) is 13.8. The normalized spacial score (nSPS) is 11.5. The molecule has 0 aliphatic rings. The first-order chi connectivity index (χ1) is 12.6. The van der Waals surface area contributed by atoms with E-state index >= 15 is 0 Å². The number of rotatable bonds is 6. The standard InChI is InChI=1S/C18H17N5O2S/c19-18(25)23-14(15-7-4-8-26-15)9-16(24)22-13-10-20-17(21-11-13)12-5-2-1-3-6-12/h1-8,10-11,14H,9H2,(H,22,24)(H3,19,23,25). The molecule has 1 atom stereocenters. The molecule has 0 fully saturated rings. The van der Waals surface area contributed by atoms with Gasteiger partial charge < -0.3 is 16.4 Å². The van der Waals surface area contributed by atoms with E-state index < -0.39 is 12.1 Å². The number of urea groups is 1. The molecule has 3 rings (SSSR count). The summed E-state index contributed by atoms with van der Waals surface area (Å²) >= 11 is 1.45. The average molecular weight is 367 g/mol. The minimum atomic E-state index is -0.674. The molecule has 132 valence electrons. The van der Waals surface area contributed by atoms with Crippen molar-refractivity contribution in [2.45, 2.75) is 12.5 Å². The van der Waals surface area contributed by atoms with Crippen LogP contribution >= 0.6 is 11.3 Å². The monoisotopic (exact) mass is 367 g/mol. The van der Waals surface area contributed by atoms with E-state index in [0.29, 0.717) is 11.5 Å². The predicted octanol–water partition coefficient (Wildman–Crippen LogP) is 2.94. The predicted molar refractivity (Wildman–Crippen MR) is 100 cm³/mol. The summed E-state index contributed by atoms with van der Waals surface area (Å²) in [5.74, 6) is 0.309. The average Bonchev–Trinajstić information content (AvgIpc) is 3.17. The Hall–Kier alpha value is -3.26. The van der Waals surface area contributed by atoms with Gasteiger partial charge in [0.05, 0.1) is 30.5 Å². The van der Waals surface area contributed by atoms with Crippen LogP contribution in [0.15, 0.2) is 60.2 Å². The number of anilines is 1. The number of primary amides is 1. The first kappa shape index (κ1) is 17.6. The summed E-state index contributed by atoms with van der Waals surface area (Å²) in [6.45, 7) is 0. The Kier molecular flexibility index (Phi) is 5.55. The molecule has 7 nitrogen and oxygen atoms in total. The number of amides is 3. The molecule has 0 bridgehead atoms. The van der Waals surface area contributed by atoms with Crippen molar-refractivity contribution in [2.75, 3.05) is 5.32 Å². The quantitative estimate of drug-likeness (QED) is 0.622. The van der Waals surface area contributed by atoms with Crippen molar-refractivity contribution in [3.8, 4) is 11.4 Å².